The van der Waals surface area contributed by atoms with E-state index in [1.54, 1.807) is 6.92 Å². The van der Waals surface area contributed by atoms with E-state index in [1.165, 1.54) is 0 Å². The molecule has 1 aliphatic rings. The van der Waals surface area contributed by atoms with Crippen LogP contribution < -0.4 is 5.73 Å². The molecule has 2 rings (SSSR count). The van der Waals surface area contributed by atoms with E-state index in [1.807, 2.05) is 0 Å². The summed E-state index contributed by atoms with van der Waals surface area (Å²) in [5.41, 5.74) is 5.60. The van der Waals surface area contributed by atoms with Crippen molar-refractivity contribution < 1.29 is 9.26 Å². The van der Waals surface area contributed by atoms with Gasteiger partial charge in [-0.25, -0.2) is 0 Å². The van der Waals surface area contributed by atoms with Gasteiger partial charge in [0, 0.05) is 12.5 Å². The van der Waals surface area contributed by atoms with Crippen LogP contribution in [0.1, 0.15) is 24.2 Å². The molecule has 0 unspecified atom stereocenters. The second-order valence-corrected chi connectivity index (χ2v) is 3.26. The predicted octanol–water partition coefficient (Wildman–Crippen LogP) is 0.414. The summed E-state index contributed by atoms with van der Waals surface area (Å²) < 4.78 is 10.5. The number of rotatable bonds is 2. The van der Waals surface area contributed by atoms with Gasteiger partial charge in [0.2, 0.25) is 0 Å². The molecule has 2 heterocycles. The van der Waals surface area contributed by atoms with Gasteiger partial charge in [-0.3, -0.25) is 0 Å². The highest BCUT2D eigenvalue weighted by molar-refractivity contribution is 4.94. The molecular formula is C8H13N3O2. The molecule has 5 heteroatoms. The molecule has 0 aliphatic carbocycles. The number of aromatic nitrogens is 2. The van der Waals surface area contributed by atoms with Gasteiger partial charge >= 0.3 is 0 Å². The third-order valence-electron chi connectivity index (χ3n) is 2.30. The first-order valence-corrected chi connectivity index (χ1v) is 4.43. The average Bonchev–Trinajstić information content (AvgIpc) is 2.71. The highest BCUT2D eigenvalue weighted by Gasteiger charge is 2.32. The molecule has 1 aromatic rings. The molecule has 0 saturated carbocycles. The van der Waals surface area contributed by atoms with Crippen molar-refractivity contribution in [3.63, 3.8) is 0 Å². The number of nitrogens with zero attached hydrogens (tertiary/aromatic N) is 2. The van der Waals surface area contributed by atoms with E-state index in [2.05, 4.69) is 10.1 Å². The first-order chi connectivity index (χ1) is 6.31. The van der Waals surface area contributed by atoms with Crippen LogP contribution in [-0.2, 0) is 4.74 Å². The van der Waals surface area contributed by atoms with Crippen molar-refractivity contribution in [3.8, 4) is 0 Å². The van der Waals surface area contributed by atoms with Gasteiger partial charge in [0.15, 0.2) is 5.82 Å². The first-order valence-electron chi connectivity index (χ1n) is 4.43. The van der Waals surface area contributed by atoms with Crippen molar-refractivity contribution in [1.82, 2.24) is 10.1 Å². The van der Waals surface area contributed by atoms with Gasteiger partial charge in [-0.05, 0) is 19.9 Å². The van der Waals surface area contributed by atoms with Gasteiger partial charge in [-0.15, -0.1) is 0 Å². The zero-order chi connectivity index (χ0) is 9.26. The van der Waals surface area contributed by atoms with Gasteiger partial charge in [0.05, 0.1) is 0 Å². The van der Waals surface area contributed by atoms with E-state index in [4.69, 9.17) is 15.0 Å². The molecule has 1 saturated heterocycles. The molecule has 72 valence electrons. The summed E-state index contributed by atoms with van der Waals surface area (Å²) in [6.07, 6.45) is 0.883. The van der Waals surface area contributed by atoms with Gasteiger partial charge in [-0.2, -0.15) is 4.98 Å². The largest absolute Gasteiger partial charge is 0.368 e. The highest BCUT2D eigenvalue weighted by atomic mass is 16.5. The van der Waals surface area contributed by atoms with Crippen LogP contribution in [-0.4, -0.2) is 23.3 Å². The lowest BCUT2D eigenvalue weighted by Crippen LogP contribution is -2.18. The standard InChI is InChI=1S/C8H13N3O2/c1-5-10-8(13-11-5)7-6(4-9)2-3-12-7/h6-7H,2-4,9H2,1H3/t6-,7-/m1/s1. The summed E-state index contributed by atoms with van der Waals surface area (Å²) in [5, 5.41) is 3.72. The number of ether oxygens (including phenoxy) is 1. The summed E-state index contributed by atoms with van der Waals surface area (Å²) in [5.74, 6) is 1.52. The van der Waals surface area contributed by atoms with Crippen molar-refractivity contribution in [1.29, 1.82) is 0 Å². The number of hydrogen-bond donors (Lipinski definition) is 1. The van der Waals surface area contributed by atoms with Gasteiger partial charge in [0.1, 0.15) is 6.10 Å². The summed E-state index contributed by atoms with van der Waals surface area (Å²) in [6, 6.07) is 0. The van der Waals surface area contributed by atoms with Crippen LogP contribution in [0.5, 0.6) is 0 Å². The molecule has 2 atom stereocenters. The monoisotopic (exact) mass is 183 g/mol. The fourth-order valence-corrected chi connectivity index (χ4v) is 1.58. The van der Waals surface area contributed by atoms with Crippen molar-refractivity contribution in [2.45, 2.75) is 19.4 Å². The van der Waals surface area contributed by atoms with Crippen LogP contribution in [0.3, 0.4) is 0 Å². The lowest BCUT2D eigenvalue weighted by Gasteiger charge is -2.11. The highest BCUT2D eigenvalue weighted by Crippen LogP contribution is 2.32. The Morgan fingerprint density at radius 3 is 3.08 bits per heavy atom. The Morgan fingerprint density at radius 1 is 1.62 bits per heavy atom. The minimum atomic E-state index is -0.0915. The average molecular weight is 183 g/mol. The van der Waals surface area contributed by atoms with Gasteiger partial charge < -0.3 is 15.0 Å². The Bertz CT molecular complexity index is 287. The molecule has 2 N–H and O–H groups in total. The minimum absolute atomic E-state index is 0.0915. The van der Waals surface area contributed by atoms with Crippen molar-refractivity contribution in [2.75, 3.05) is 13.2 Å². The van der Waals surface area contributed by atoms with Crippen LogP contribution in [0.15, 0.2) is 4.52 Å². The van der Waals surface area contributed by atoms with Crippen LogP contribution in [0.25, 0.3) is 0 Å². The minimum Gasteiger partial charge on any atom is -0.368 e. The second kappa shape index (κ2) is 3.43. The van der Waals surface area contributed by atoms with Crippen LogP contribution >= 0.6 is 0 Å². The fourth-order valence-electron chi connectivity index (χ4n) is 1.58. The summed E-state index contributed by atoms with van der Waals surface area (Å²) >= 11 is 0. The second-order valence-electron chi connectivity index (χ2n) is 3.26. The van der Waals surface area contributed by atoms with Crippen molar-refractivity contribution in [3.05, 3.63) is 11.7 Å². The van der Waals surface area contributed by atoms with Crippen molar-refractivity contribution >= 4 is 0 Å². The lowest BCUT2D eigenvalue weighted by molar-refractivity contribution is 0.0642. The predicted molar refractivity (Wildman–Crippen MR) is 44.9 cm³/mol. The maximum absolute atomic E-state index is 5.60. The molecule has 0 amide bonds. The number of nitrogens with two attached hydrogens (primary N) is 1. The molecule has 0 radical (unpaired) electrons. The Kier molecular flexibility index (Phi) is 2.28. The fraction of sp³-hybridized carbons (Fsp3) is 0.750. The van der Waals surface area contributed by atoms with Crippen LogP contribution in [0.4, 0.5) is 0 Å². The molecular weight excluding hydrogens is 170 g/mol. The van der Waals surface area contributed by atoms with E-state index in [-0.39, 0.29) is 6.10 Å². The Balaban J connectivity index is 2.15. The lowest BCUT2D eigenvalue weighted by atomic mass is 10.0. The van der Waals surface area contributed by atoms with E-state index >= 15 is 0 Å². The topological polar surface area (TPSA) is 74.2 Å². The van der Waals surface area contributed by atoms with Crippen LogP contribution in [0, 0.1) is 12.8 Å². The first kappa shape index (κ1) is 8.65. The third kappa shape index (κ3) is 1.57. The maximum atomic E-state index is 5.60. The van der Waals surface area contributed by atoms with Crippen molar-refractivity contribution in [2.24, 2.45) is 11.7 Å². The summed E-state index contributed by atoms with van der Waals surface area (Å²) in [6.45, 7) is 3.12. The zero-order valence-electron chi connectivity index (χ0n) is 7.56. The smallest absolute Gasteiger partial charge is 0.256 e. The summed E-state index contributed by atoms with van der Waals surface area (Å²) in [7, 11) is 0. The molecule has 1 fully saturated rings. The molecule has 13 heavy (non-hydrogen) atoms. The molecule has 0 aromatic carbocycles. The van der Waals surface area contributed by atoms with Gasteiger partial charge in [-0.1, -0.05) is 5.16 Å². The molecule has 1 aliphatic heterocycles. The quantitative estimate of drug-likeness (QED) is 0.719. The molecule has 0 bridgehead atoms. The number of aryl methyl sites for hydroxylation is 1. The Morgan fingerprint density at radius 2 is 2.46 bits per heavy atom. The van der Waals surface area contributed by atoms with E-state index < -0.39 is 0 Å². The van der Waals surface area contributed by atoms with E-state index in [0.29, 0.717) is 24.2 Å². The zero-order valence-corrected chi connectivity index (χ0v) is 7.56. The normalized spacial score (nSPS) is 28.2. The Hall–Kier alpha value is -0.940. The van der Waals surface area contributed by atoms with Gasteiger partial charge in [0.25, 0.3) is 5.89 Å². The maximum Gasteiger partial charge on any atom is 0.256 e. The molecule has 5 nitrogen and oxygen atoms in total. The number of hydrogen-bond acceptors (Lipinski definition) is 5. The van der Waals surface area contributed by atoms with Crippen LogP contribution in [0.2, 0.25) is 0 Å². The molecule has 0 spiro atoms. The molecule has 1 aromatic heterocycles. The SMILES string of the molecule is Cc1noc([C@@H]2OCC[C@@H]2CN)n1. The van der Waals surface area contributed by atoms with E-state index in [0.717, 1.165) is 13.0 Å². The summed E-state index contributed by atoms with van der Waals surface area (Å²) in [4.78, 5) is 4.13. The third-order valence-corrected chi connectivity index (χ3v) is 2.30. The van der Waals surface area contributed by atoms with E-state index in [9.17, 15) is 0 Å². The Labute approximate surface area is 76.3 Å².